The van der Waals surface area contributed by atoms with Crippen LogP contribution in [0.5, 0.6) is 5.75 Å². The van der Waals surface area contributed by atoms with Crippen molar-refractivity contribution in [3.63, 3.8) is 0 Å². The van der Waals surface area contributed by atoms with E-state index < -0.39 is 6.04 Å². The monoisotopic (exact) mass is 496 g/mol. The standard InChI is InChI=1S/C26H29ClN4O4/c1-35-23-10-8-17(27)14-19(23)16-7-9-21-20(13-16)25(33)31-12-11-30(15-22(31)24(32)29-21)26(34)28-18-5-3-2-4-6-18/h7-10,13-14,18,22H,2-6,11-12,15H2,1H3,(H,28,34)(H,29,32). The number of hydrogen-bond acceptors (Lipinski definition) is 4. The van der Waals surface area contributed by atoms with Crippen molar-refractivity contribution < 1.29 is 19.1 Å². The molecule has 0 spiro atoms. The summed E-state index contributed by atoms with van der Waals surface area (Å²) in [5, 5.41) is 6.56. The van der Waals surface area contributed by atoms with Gasteiger partial charge in [0.05, 0.1) is 24.9 Å². The Kier molecular flexibility index (Phi) is 6.56. The van der Waals surface area contributed by atoms with Gasteiger partial charge in [-0.15, -0.1) is 0 Å². The van der Waals surface area contributed by atoms with Gasteiger partial charge in [-0.3, -0.25) is 9.59 Å². The third kappa shape index (κ3) is 4.67. The van der Waals surface area contributed by atoms with Crippen LogP contribution < -0.4 is 15.4 Å². The Labute approximate surface area is 209 Å². The molecular weight excluding hydrogens is 468 g/mol. The molecule has 1 saturated heterocycles. The zero-order chi connectivity index (χ0) is 24.5. The number of hydrogen-bond donors (Lipinski definition) is 2. The molecule has 3 aliphatic rings. The number of urea groups is 1. The van der Waals surface area contributed by atoms with E-state index in [1.54, 1.807) is 47.2 Å². The predicted molar refractivity (Wildman–Crippen MR) is 134 cm³/mol. The zero-order valence-electron chi connectivity index (χ0n) is 19.7. The molecule has 2 fully saturated rings. The number of methoxy groups -OCH3 is 1. The van der Waals surface area contributed by atoms with E-state index in [0.717, 1.165) is 36.8 Å². The van der Waals surface area contributed by atoms with E-state index in [9.17, 15) is 14.4 Å². The van der Waals surface area contributed by atoms with Crippen LogP contribution in [-0.2, 0) is 4.79 Å². The zero-order valence-corrected chi connectivity index (χ0v) is 20.4. The first-order chi connectivity index (χ1) is 16.9. The molecule has 1 atom stereocenters. The first-order valence-corrected chi connectivity index (χ1v) is 12.5. The van der Waals surface area contributed by atoms with Gasteiger partial charge in [-0.1, -0.05) is 36.9 Å². The molecule has 1 aliphatic carbocycles. The van der Waals surface area contributed by atoms with Crippen molar-refractivity contribution in [1.29, 1.82) is 0 Å². The Morgan fingerprint density at radius 2 is 1.86 bits per heavy atom. The summed E-state index contributed by atoms with van der Waals surface area (Å²) in [6, 6.07) is 9.91. The number of rotatable bonds is 3. The van der Waals surface area contributed by atoms with Crippen molar-refractivity contribution in [2.45, 2.75) is 44.2 Å². The molecule has 2 aromatic carbocycles. The Morgan fingerprint density at radius 3 is 2.63 bits per heavy atom. The average molecular weight is 497 g/mol. The highest BCUT2D eigenvalue weighted by atomic mass is 35.5. The van der Waals surface area contributed by atoms with Gasteiger partial charge in [-0.25, -0.2) is 4.79 Å². The molecule has 4 amide bonds. The first kappa shape index (κ1) is 23.5. The van der Waals surface area contributed by atoms with Crippen LogP contribution in [0.2, 0.25) is 5.02 Å². The van der Waals surface area contributed by atoms with Crippen LogP contribution >= 0.6 is 11.6 Å². The lowest BCUT2D eigenvalue weighted by atomic mass is 9.96. The van der Waals surface area contributed by atoms with Crippen LogP contribution in [0.4, 0.5) is 10.5 Å². The van der Waals surface area contributed by atoms with Gasteiger partial charge < -0.3 is 25.2 Å². The number of piperazine rings is 1. The van der Waals surface area contributed by atoms with Gasteiger partial charge in [-0.05, 0) is 48.7 Å². The van der Waals surface area contributed by atoms with E-state index in [1.807, 2.05) is 6.07 Å². The number of carbonyl (C=O) groups is 3. The summed E-state index contributed by atoms with van der Waals surface area (Å²) in [5.74, 6) is 0.105. The quantitative estimate of drug-likeness (QED) is 0.668. The molecule has 35 heavy (non-hydrogen) atoms. The van der Waals surface area contributed by atoms with Gasteiger partial charge in [0, 0.05) is 29.7 Å². The molecule has 9 heteroatoms. The summed E-state index contributed by atoms with van der Waals surface area (Å²) in [7, 11) is 1.58. The van der Waals surface area contributed by atoms with Gasteiger partial charge in [-0.2, -0.15) is 0 Å². The maximum Gasteiger partial charge on any atom is 0.317 e. The highest BCUT2D eigenvalue weighted by Crippen LogP contribution is 2.36. The van der Waals surface area contributed by atoms with E-state index in [2.05, 4.69) is 10.6 Å². The summed E-state index contributed by atoms with van der Waals surface area (Å²) < 4.78 is 5.47. The smallest absolute Gasteiger partial charge is 0.317 e. The largest absolute Gasteiger partial charge is 0.496 e. The van der Waals surface area contributed by atoms with Crippen molar-refractivity contribution in [3.8, 4) is 16.9 Å². The average Bonchev–Trinajstić information content (AvgIpc) is 2.98. The number of carbonyl (C=O) groups excluding carboxylic acids is 3. The number of halogens is 1. The molecule has 2 heterocycles. The van der Waals surface area contributed by atoms with Crippen molar-refractivity contribution in [2.75, 3.05) is 32.1 Å². The summed E-state index contributed by atoms with van der Waals surface area (Å²) >= 11 is 6.21. The maximum atomic E-state index is 13.6. The normalized spacial score (nSPS) is 20.5. The Hall–Kier alpha value is -3.26. The minimum atomic E-state index is -0.745. The number of benzene rings is 2. The van der Waals surface area contributed by atoms with Crippen molar-refractivity contribution >= 4 is 35.1 Å². The lowest BCUT2D eigenvalue weighted by molar-refractivity contribution is -0.121. The number of anilines is 1. The number of nitrogens with one attached hydrogen (secondary N) is 2. The molecule has 0 bridgehead atoms. The van der Waals surface area contributed by atoms with Crippen molar-refractivity contribution in [2.24, 2.45) is 0 Å². The number of amides is 4. The van der Waals surface area contributed by atoms with E-state index in [1.165, 1.54) is 6.42 Å². The van der Waals surface area contributed by atoms with E-state index in [0.29, 0.717) is 35.1 Å². The Bertz CT molecular complexity index is 1160. The molecule has 1 unspecified atom stereocenters. The van der Waals surface area contributed by atoms with Crippen LogP contribution in [0.25, 0.3) is 11.1 Å². The molecule has 5 rings (SSSR count). The van der Waals surface area contributed by atoms with E-state index >= 15 is 0 Å². The predicted octanol–water partition coefficient (Wildman–Crippen LogP) is 4.14. The fraction of sp³-hybridized carbons (Fsp3) is 0.423. The summed E-state index contributed by atoms with van der Waals surface area (Å²) in [6.45, 7) is 0.837. The van der Waals surface area contributed by atoms with E-state index in [-0.39, 0.29) is 30.4 Å². The van der Waals surface area contributed by atoms with Gasteiger partial charge in [0.1, 0.15) is 11.8 Å². The molecule has 2 N–H and O–H groups in total. The molecule has 2 aliphatic heterocycles. The lowest BCUT2D eigenvalue weighted by Crippen LogP contribution is -2.61. The Morgan fingerprint density at radius 1 is 1.06 bits per heavy atom. The highest BCUT2D eigenvalue weighted by Gasteiger charge is 2.40. The number of ether oxygens (including phenoxy) is 1. The molecule has 184 valence electrons. The van der Waals surface area contributed by atoms with Gasteiger partial charge >= 0.3 is 6.03 Å². The van der Waals surface area contributed by atoms with Crippen molar-refractivity contribution in [1.82, 2.24) is 15.1 Å². The second-order valence-corrected chi connectivity index (χ2v) is 9.78. The molecule has 2 aromatic rings. The summed E-state index contributed by atoms with van der Waals surface area (Å²) in [5.41, 5.74) is 2.37. The summed E-state index contributed by atoms with van der Waals surface area (Å²) in [6.07, 6.45) is 5.44. The van der Waals surface area contributed by atoms with Crippen LogP contribution in [0.1, 0.15) is 42.5 Å². The third-order valence-corrected chi connectivity index (χ3v) is 7.38. The van der Waals surface area contributed by atoms with Crippen LogP contribution in [0.15, 0.2) is 36.4 Å². The van der Waals surface area contributed by atoms with Gasteiger partial charge in [0.15, 0.2) is 0 Å². The molecule has 1 saturated carbocycles. The number of nitrogens with zero attached hydrogens (tertiary/aromatic N) is 2. The van der Waals surface area contributed by atoms with Gasteiger partial charge in [0.25, 0.3) is 5.91 Å². The van der Waals surface area contributed by atoms with Gasteiger partial charge in [0.2, 0.25) is 5.91 Å². The maximum absolute atomic E-state index is 13.6. The lowest BCUT2D eigenvalue weighted by Gasteiger charge is -2.40. The summed E-state index contributed by atoms with van der Waals surface area (Å²) in [4.78, 5) is 42.8. The fourth-order valence-corrected chi connectivity index (χ4v) is 5.39. The number of fused-ring (bicyclic) bond motifs is 2. The second kappa shape index (κ2) is 9.77. The van der Waals surface area contributed by atoms with Crippen LogP contribution in [-0.4, -0.2) is 66.5 Å². The molecular formula is C26H29ClN4O4. The minimum Gasteiger partial charge on any atom is -0.496 e. The second-order valence-electron chi connectivity index (χ2n) is 9.34. The molecule has 8 nitrogen and oxygen atoms in total. The SMILES string of the molecule is COc1ccc(Cl)cc1-c1ccc2c(c1)C(=O)N1CCN(C(=O)NC3CCCCC3)CC1C(=O)N2. The highest BCUT2D eigenvalue weighted by molar-refractivity contribution is 6.31. The van der Waals surface area contributed by atoms with Crippen molar-refractivity contribution in [3.05, 3.63) is 47.0 Å². The first-order valence-electron chi connectivity index (χ1n) is 12.1. The Balaban J connectivity index is 1.38. The minimum absolute atomic E-state index is 0.158. The third-order valence-electron chi connectivity index (χ3n) is 7.14. The molecule has 0 radical (unpaired) electrons. The van der Waals surface area contributed by atoms with Crippen LogP contribution in [0, 0.1) is 0 Å². The van der Waals surface area contributed by atoms with Crippen LogP contribution in [0.3, 0.4) is 0 Å². The van der Waals surface area contributed by atoms with E-state index in [4.69, 9.17) is 16.3 Å². The topological polar surface area (TPSA) is 91.0 Å². The fourth-order valence-electron chi connectivity index (χ4n) is 5.22. The molecule has 0 aromatic heterocycles.